The molecule has 0 saturated carbocycles. The molecular formula is C9H13N. The van der Waals surface area contributed by atoms with Crippen molar-refractivity contribution in [2.75, 3.05) is 0 Å². The molecule has 10 heavy (non-hydrogen) atoms. The largest absolute Gasteiger partial charge is 0.362 e. The van der Waals surface area contributed by atoms with Crippen LogP contribution in [0.3, 0.4) is 0 Å². The molecule has 2 heterocycles. The van der Waals surface area contributed by atoms with Gasteiger partial charge in [0.1, 0.15) is 0 Å². The van der Waals surface area contributed by atoms with E-state index >= 15 is 0 Å². The highest BCUT2D eigenvalue weighted by molar-refractivity contribution is 5.14. The molecule has 0 fully saturated rings. The molecule has 2 bridgehead atoms. The SMILES string of the molecule is c1cc2[nH]c1CCCCC2. The fraction of sp³-hybridized carbons (Fsp3) is 0.556. The molecule has 2 rings (SSSR count). The van der Waals surface area contributed by atoms with Gasteiger partial charge in [0, 0.05) is 11.4 Å². The Balaban J connectivity index is 2.25. The van der Waals surface area contributed by atoms with Crippen molar-refractivity contribution in [1.29, 1.82) is 0 Å². The lowest BCUT2D eigenvalue weighted by molar-refractivity contribution is 0.649. The second-order valence-corrected chi connectivity index (χ2v) is 3.07. The number of hydrogen-bond donors (Lipinski definition) is 1. The molecule has 1 aliphatic rings. The number of rotatable bonds is 0. The fourth-order valence-electron chi connectivity index (χ4n) is 1.59. The molecule has 0 amide bonds. The molecule has 1 heteroatoms. The van der Waals surface area contributed by atoms with Crippen molar-refractivity contribution in [3.63, 3.8) is 0 Å². The second-order valence-electron chi connectivity index (χ2n) is 3.07. The van der Waals surface area contributed by atoms with E-state index in [1.54, 1.807) is 0 Å². The molecule has 0 aromatic carbocycles. The summed E-state index contributed by atoms with van der Waals surface area (Å²) in [5, 5.41) is 0. The zero-order valence-electron chi connectivity index (χ0n) is 6.19. The lowest BCUT2D eigenvalue weighted by Gasteiger charge is -2.03. The van der Waals surface area contributed by atoms with Crippen LogP contribution < -0.4 is 0 Å². The summed E-state index contributed by atoms with van der Waals surface area (Å²) in [4.78, 5) is 3.42. The van der Waals surface area contributed by atoms with Gasteiger partial charge in [-0.3, -0.25) is 0 Å². The van der Waals surface area contributed by atoms with Gasteiger partial charge in [0.2, 0.25) is 0 Å². The predicted octanol–water partition coefficient (Wildman–Crippen LogP) is 2.28. The highest BCUT2D eigenvalue weighted by Gasteiger charge is 2.02. The first-order chi connectivity index (χ1) is 4.95. The van der Waals surface area contributed by atoms with Crippen molar-refractivity contribution >= 4 is 0 Å². The van der Waals surface area contributed by atoms with Crippen LogP contribution in [0.2, 0.25) is 0 Å². The molecular weight excluding hydrogens is 122 g/mol. The Morgan fingerprint density at radius 3 is 2.10 bits per heavy atom. The summed E-state index contributed by atoms with van der Waals surface area (Å²) in [5.41, 5.74) is 2.85. The number of nitrogens with one attached hydrogen (secondary N) is 1. The van der Waals surface area contributed by atoms with Gasteiger partial charge in [-0.15, -0.1) is 0 Å². The van der Waals surface area contributed by atoms with Gasteiger partial charge in [-0.2, -0.15) is 0 Å². The quantitative estimate of drug-likeness (QED) is 0.561. The van der Waals surface area contributed by atoms with E-state index in [4.69, 9.17) is 0 Å². The number of aromatic nitrogens is 1. The lowest BCUT2D eigenvalue weighted by Crippen LogP contribution is -1.93. The van der Waals surface area contributed by atoms with Gasteiger partial charge in [-0.1, -0.05) is 6.42 Å². The number of aryl methyl sites for hydroxylation is 2. The van der Waals surface area contributed by atoms with E-state index in [2.05, 4.69) is 17.1 Å². The van der Waals surface area contributed by atoms with Gasteiger partial charge in [0.15, 0.2) is 0 Å². The van der Waals surface area contributed by atoms with E-state index in [1.165, 1.54) is 43.5 Å². The molecule has 0 aliphatic carbocycles. The van der Waals surface area contributed by atoms with E-state index in [-0.39, 0.29) is 0 Å². The van der Waals surface area contributed by atoms with Crippen LogP contribution in [0.4, 0.5) is 0 Å². The smallest absolute Gasteiger partial charge is 0.0149 e. The molecule has 0 radical (unpaired) electrons. The number of H-pyrrole nitrogens is 1. The van der Waals surface area contributed by atoms with Crippen LogP contribution in [0.1, 0.15) is 30.7 Å². The van der Waals surface area contributed by atoms with E-state index in [0.717, 1.165) is 0 Å². The van der Waals surface area contributed by atoms with Crippen LogP contribution in [0.5, 0.6) is 0 Å². The number of fused-ring (bicyclic) bond motifs is 2. The predicted molar refractivity (Wildman–Crippen MR) is 42.1 cm³/mol. The first-order valence-corrected chi connectivity index (χ1v) is 4.12. The van der Waals surface area contributed by atoms with E-state index in [0.29, 0.717) is 0 Å². The fourth-order valence-corrected chi connectivity index (χ4v) is 1.59. The van der Waals surface area contributed by atoms with Gasteiger partial charge in [-0.05, 0) is 37.8 Å². The summed E-state index contributed by atoms with van der Waals surface area (Å²) in [6, 6.07) is 4.45. The third-order valence-corrected chi connectivity index (χ3v) is 2.20. The molecule has 0 unspecified atom stereocenters. The molecule has 1 aromatic rings. The third kappa shape index (κ3) is 1.08. The van der Waals surface area contributed by atoms with Crippen molar-refractivity contribution in [1.82, 2.24) is 4.98 Å². The average molecular weight is 135 g/mol. The first-order valence-electron chi connectivity index (χ1n) is 4.12. The van der Waals surface area contributed by atoms with Gasteiger partial charge in [0.05, 0.1) is 0 Å². The maximum absolute atomic E-state index is 3.42. The van der Waals surface area contributed by atoms with Gasteiger partial charge in [-0.25, -0.2) is 0 Å². The summed E-state index contributed by atoms with van der Waals surface area (Å²) >= 11 is 0. The van der Waals surface area contributed by atoms with Crippen LogP contribution in [0.25, 0.3) is 0 Å². The minimum atomic E-state index is 1.25. The monoisotopic (exact) mass is 135 g/mol. The molecule has 0 atom stereocenters. The van der Waals surface area contributed by atoms with Gasteiger partial charge in [0.25, 0.3) is 0 Å². The second kappa shape index (κ2) is 2.49. The summed E-state index contributed by atoms with van der Waals surface area (Å²) in [6.07, 6.45) is 6.62. The van der Waals surface area contributed by atoms with Crippen molar-refractivity contribution in [2.24, 2.45) is 0 Å². The zero-order valence-corrected chi connectivity index (χ0v) is 6.19. The van der Waals surface area contributed by atoms with E-state index in [1.807, 2.05) is 0 Å². The summed E-state index contributed by atoms with van der Waals surface area (Å²) in [5.74, 6) is 0. The Morgan fingerprint density at radius 1 is 0.900 bits per heavy atom. The highest BCUT2D eigenvalue weighted by Crippen LogP contribution is 2.13. The first kappa shape index (κ1) is 6.02. The average Bonchev–Trinajstić information content (AvgIpc) is 2.30. The summed E-state index contributed by atoms with van der Waals surface area (Å²) < 4.78 is 0. The van der Waals surface area contributed by atoms with Gasteiger partial charge < -0.3 is 4.98 Å². The lowest BCUT2D eigenvalue weighted by atomic mass is 10.1. The van der Waals surface area contributed by atoms with Crippen LogP contribution in [-0.2, 0) is 12.8 Å². The maximum Gasteiger partial charge on any atom is 0.0149 e. The Morgan fingerprint density at radius 2 is 1.50 bits per heavy atom. The molecule has 0 saturated heterocycles. The molecule has 1 aliphatic heterocycles. The van der Waals surface area contributed by atoms with Crippen molar-refractivity contribution in [3.8, 4) is 0 Å². The minimum absolute atomic E-state index is 1.25. The standard InChI is InChI=1S/C9H13N/c1-2-4-8-6-7-9(10-8)5-3-1/h6-7,10H,1-5H2. The Kier molecular flexibility index (Phi) is 1.50. The molecule has 54 valence electrons. The molecule has 1 aromatic heterocycles. The Labute approximate surface area is 61.5 Å². The van der Waals surface area contributed by atoms with Crippen molar-refractivity contribution in [3.05, 3.63) is 23.5 Å². The highest BCUT2D eigenvalue weighted by atomic mass is 14.7. The van der Waals surface area contributed by atoms with Crippen molar-refractivity contribution in [2.45, 2.75) is 32.1 Å². The van der Waals surface area contributed by atoms with Crippen LogP contribution in [0, 0.1) is 0 Å². The third-order valence-electron chi connectivity index (χ3n) is 2.20. The normalized spacial score (nSPS) is 18.0. The minimum Gasteiger partial charge on any atom is -0.362 e. The van der Waals surface area contributed by atoms with E-state index in [9.17, 15) is 0 Å². The Hall–Kier alpha value is -0.720. The number of hydrogen-bond acceptors (Lipinski definition) is 0. The summed E-state index contributed by atoms with van der Waals surface area (Å²) in [6.45, 7) is 0. The maximum atomic E-state index is 3.42. The number of aromatic amines is 1. The van der Waals surface area contributed by atoms with E-state index < -0.39 is 0 Å². The topological polar surface area (TPSA) is 15.8 Å². The summed E-state index contributed by atoms with van der Waals surface area (Å²) in [7, 11) is 0. The van der Waals surface area contributed by atoms with Crippen LogP contribution in [0.15, 0.2) is 12.1 Å². The van der Waals surface area contributed by atoms with Gasteiger partial charge >= 0.3 is 0 Å². The molecule has 1 N–H and O–H groups in total. The van der Waals surface area contributed by atoms with Crippen LogP contribution in [-0.4, -0.2) is 4.98 Å². The molecule has 1 nitrogen and oxygen atoms in total. The Bertz CT molecular complexity index is 192. The zero-order chi connectivity index (χ0) is 6.81. The molecule has 0 spiro atoms. The van der Waals surface area contributed by atoms with Crippen molar-refractivity contribution < 1.29 is 0 Å². The van der Waals surface area contributed by atoms with Crippen LogP contribution >= 0.6 is 0 Å².